The summed E-state index contributed by atoms with van der Waals surface area (Å²) < 4.78 is 5.94. The van der Waals surface area contributed by atoms with Crippen molar-refractivity contribution in [2.24, 2.45) is 0 Å². The van der Waals surface area contributed by atoms with Gasteiger partial charge >= 0.3 is 0 Å². The molecule has 1 aliphatic rings. The fraction of sp³-hybridized carbons (Fsp3) is 0.400. The third-order valence-corrected chi connectivity index (χ3v) is 7.44. The van der Waals surface area contributed by atoms with E-state index in [1.54, 1.807) is 12.4 Å². The molecule has 2 aromatic carbocycles. The molecule has 0 saturated carbocycles. The fourth-order valence-corrected chi connectivity index (χ4v) is 5.16. The number of nitrogens with zero attached hydrogens (tertiary/aromatic N) is 2. The van der Waals surface area contributed by atoms with Gasteiger partial charge in [0.15, 0.2) is 0 Å². The second kappa shape index (κ2) is 14.8. The summed E-state index contributed by atoms with van der Waals surface area (Å²) in [5.74, 6) is 0.374. The molecule has 4 rings (SSSR count). The Morgan fingerprint density at radius 3 is 2.33 bits per heavy atom. The van der Waals surface area contributed by atoms with E-state index in [2.05, 4.69) is 32.7 Å². The second-order valence-corrected chi connectivity index (χ2v) is 12.1. The zero-order valence-electron chi connectivity index (χ0n) is 25.3. The summed E-state index contributed by atoms with van der Waals surface area (Å²) in [6.45, 7) is 6.31. The smallest absolute Gasteiger partial charge is 0.243 e. The lowest BCUT2D eigenvalue weighted by Crippen LogP contribution is -2.57. The van der Waals surface area contributed by atoms with Crippen molar-refractivity contribution >= 4 is 11.8 Å². The molecule has 3 unspecified atom stereocenters. The molecule has 2 N–H and O–H groups in total. The lowest BCUT2D eigenvalue weighted by molar-refractivity contribution is -0.132. The number of amides is 2. The van der Waals surface area contributed by atoms with E-state index in [1.165, 1.54) is 0 Å². The molecule has 1 aliphatic carbocycles. The van der Waals surface area contributed by atoms with Crippen molar-refractivity contribution in [3.63, 3.8) is 0 Å². The Balaban J connectivity index is 1.50. The first-order valence-electron chi connectivity index (χ1n) is 14.8. The minimum atomic E-state index is -0.737. The van der Waals surface area contributed by atoms with Crippen LogP contribution in [-0.2, 0) is 29.0 Å². The zero-order chi connectivity index (χ0) is 30.0. The molecule has 0 saturated heterocycles. The van der Waals surface area contributed by atoms with Crippen LogP contribution in [0.1, 0.15) is 56.7 Å². The molecular formula is C35H44N4O3. The summed E-state index contributed by atoms with van der Waals surface area (Å²) in [6.07, 6.45) is 11.9. The molecule has 0 bridgehead atoms. The highest BCUT2D eigenvalue weighted by Gasteiger charge is 2.32. The van der Waals surface area contributed by atoms with Gasteiger partial charge in [-0.1, -0.05) is 60.7 Å². The zero-order valence-corrected chi connectivity index (χ0v) is 25.3. The summed E-state index contributed by atoms with van der Waals surface area (Å²) >= 11 is 0. The molecule has 7 heteroatoms. The van der Waals surface area contributed by atoms with Crippen LogP contribution in [0, 0.1) is 0 Å². The molecule has 3 aromatic rings. The molecule has 2 amide bonds. The van der Waals surface area contributed by atoms with E-state index in [4.69, 9.17) is 4.74 Å². The van der Waals surface area contributed by atoms with Crippen molar-refractivity contribution in [2.75, 3.05) is 7.05 Å². The first-order valence-corrected chi connectivity index (χ1v) is 14.8. The van der Waals surface area contributed by atoms with Gasteiger partial charge in [0, 0.05) is 30.4 Å². The first-order chi connectivity index (χ1) is 20.2. The Bertz CT molecular complexity index is 1300. The largest absolute Gasteiger partial charge is 0.489 e. The Hall–Kier alpha value is -3.97. The average Bonchev–Trinajstić information content (AvgIpc) is 2.99. The highest BCUT2D eigenvalue weighted by atomic mass is 16.5. The van der Waals surface area contributed by atoms with Crippen LogP contribution in [0.3, 0.4) is 0 Å². The van der Waals surface area contributed by atoms with Crippen LogP contribution >= 0.6 is 0 Å². The van der Waals surface area contributed by atoms with Gasteiger partial charge in [0.25, 0.3) is 0 Å². The van der Waals surface area contributed by atoms with Crippen molar-refractivity contribution in [3.05, 3.63) is 108 Å². The van der Waals surface area contributed by atoms with Gasteiger partial charge in [-0.15, -0.1) is 0 Å². The van der Waals surface area contributed by atoms with Crippen molar-refractivity contribution in [3.8, 4) is 5.75 Å². The SMILES string of the molecule is CN(C1C=CCCC1)C(Cc1cccnc1)C(=O)NC(Cc1ccc(OCc2ccccc2)cc1)C(=O)NC(C)(C)C. The maximum Gasteiger partial charge on any atom is 0.243 e. The molecule has 3 atom stereocenters. The molecular weight excluding hydrogens is 524 g/mol. The van der Waals surface area contributed by atoms with Gasteiger partial charge in [0.2, 0.25) is 11.8 Å². The van der Waals surface area contributed by atoms with Gasteiger partial charge in [-0.25, -0.2) is 0 Å². The number of likely N-dealkylation sites (N-methyl/N-ethyl adjacent to an activating group) is 1. The van der Waals surface area contributed by atoms with Crippen LogP contribution in [0.5, 0.6) is 5.75 Å². The number of carbonyl (C=O) groups is 2. The van der Waals surface area contributed by atoms with Gasteiger partial charge in [-0.3, -0.25) is 19.5 Å². The van der Waals surface area contributed by atoms with Crippen molar-refractivity contribution in [1.82, 2.24) is 20.5 Å². The molecule has 7 nitrogen and oxygen atoms in total. The Labute approximate surface area is 250 Å². The summed E-state index contributed by atoms with van der Waals surface area (Å²) in [7, 11) is 2.00. The van der Waals surface area contributed by atoms with Crippen LogP contribution in [-0.4, -0.2) is 52.4 Å². The van der Waals surface area contributed by atoms with E-state index >= 15 is 0 Å². The number of hydrogen-bond donors (Lipinski definition) is 2. The van der Waals surface area contributed by atoms with Crippen LogP contribution in [0.15, 0.2) is 91.3 Å². The quantitative estimate of drug-likeness (QED) is 0.292. The number of aromatic nitrogens is 1. The van der Waals surface area contributed by atoms with E-state index in [1.807, 2.05) is 94.5 Å². The maximum absolute atomic E-state index is 14.0. The molecule has 1 heterocycles. The van der Waals surface area contributed by atoms with Crippen molar-refractivity contribution in [2.45, 2.75) is 83.1 Å². The topological polar surface area (TPSA) is 83.6 Å². The number of carbonyl (C=O) groups excluding carboxylic acids is 2. The van der Waals surface area contributed by atoms with E-state index in [-0.39, 0.29) is 17.9 Å². The number of hydrogen-bond acceptors (Lipinski definition) is 5. The first kappa shape index (κ1) is 31.0. The molecule has 222 valence electrons. The second-order valence-electron chi connectivity index (χ2n) is 12.1. The minimum Gasteiger partial charge on any atom is -0.489 e. The number of nitrogens with one attached hydrogen (secondary N) is 2. The molecule has 0 spiro atoms. The van der Waals surface area contributed by atoms with Crippen LogP contribution in [0.25, 0.3) is 0 Å². The number of allylic oxidation sites excluding steroid dienone is 1. The van der Waals surface area contributed by atoms with Crippen molar-refractivity contribution in [1.29, 1.82) is 0 Å². The Morgan fingerprint density at radius 2 is 1.69 bits per heavy atom. The van der Waals surface area contributed by atoms with Crippen LogP contribution < -0.4 is 15.4 Å². The normalized spacial score (nSPS) is 16.5. The lowest BCUT2D eigenvalue weighted by atomic mass is 9.97. The predicted molar refractivity (Wildman–Crippen MR) is 167 cm³/mol. The number of rotatable bonds is 12. The summed E-state index contributed by atoms with van der Waals surface area (Å²) in [5, 5.41) is 6.18. The summed E-state index contributed by atoms with van der Waals surface area (Å²) in [5.41, 5.74) is 2.57. The van der Waals surface area contributed by atoms with Gasteiger partial charge in [0.1, 0.15) is 18.4 Å². The third kappa shape index (κ3) is 9.55. The van der Waals surface area contributed by atoms with Gasteiger partial charge < -0.3 is 15.4 Å². The van der Waals surface area contributed by atoms with Crippen molar-refractivity contribution < 1.29 is 14.3 Å². The third-order valence-electron chi connectivity index (χ3n) is 7.44. The highest BCUT2D eigenvalue weighted by molar-refractivity contribution is 5.90. The van der Waals surface area contributed by atoms with Gasteiger partial charge in [-0.05, 0) is 88.4 Å². The predicted octanol–water partition coefficient (Wildman–Crippen LogP) is 5.25. The molecule has 0 fully saturated rings. The van der Waals surface area contributed by atoms with E-state index < -0.39 is 17.6 Å². The van der Waals surface area contributed by atoms with E-state index in [0.717, 1.165) is 41.7 Å². The standard InChI is InChI=1S/C35H44N4O3/c1-35(2,3)38-33(40)31(22-26-17-19-30(20-18-26)42-25-27-12-7-5-8-13-27)37-34(41)32(23-28-14-11-21-36-24-28)39(4)29-15-9-6-10-16-29/h5,7-9,11-15,17-21,24,29,31-32H,6,10,16,22-23,25H2,1-4H3,(H,37,41)(H,38,40). The summed E-state index contributed by atoms with van der Waals surface area (Å²) in [6, 6.07) is 20.6. The molecule has 1 aromatic heterocycles. The van der Waals surface area contributed by atoms with E-state index in [0.29, 0.717) is 19.4 Å². The fourth-order valence-electron chi connectivity index (χ4n) is 5.16. The lowest BCUT2D eigenvalue weighted by Gasteiger charge is -2.35. The number of ether oxygens (including phenoxy) is 1. The summed E-state index contributed by atoms with van der Waals surface area (Å²) in [4.78, 5) is 33.9. The minimum absolute atomic E-state index is 0.163. The number of benzene rings is 2. The molecule has 0 aliphatic heterocycles. The van der Waals surface area contributed by atoms with Crippen LogP contribution in [0.2, 0.25) is 0 Å². The Kier molecular flexibility index (Phi) is 10.9. The molecule has 42 heavy (non-hydrogen) atoms. The van der Waals surface area contributed by atoms with Gasteiger partial charge in [-0.2, -0.15) is 0 Å². The van der Waals surface area contributed by atoms with E-state index in [9.17, 15) is 9.59 Å². The average molecular weight is 569 g/mol. The van der Waals surface area contributed by atoms with Gasteiger partial charge in [0.05, 0.1) is 6.04 Å². The van der Waals surface area contributed by atoms with Crippen LogP contribution in [0.4, 0.5) is 0 Å². The number of pyridine rings is 1. The molecule has 0 radical (unpaired) electrons. The Morgan fingerprint density at radius 1 is 0.952 bits per heavy atom. The maximum atomic E-state index is 14.0. The highest BCUT2D eigenvalue weighted by Crippen LogP contribution is 2.20. The monoisotopic (exact) mass is 568 g/mol.